The summed E-state index contributed by atoms with van der Waals surface area (Å²) < 4.78 is 11.1. The van der Waals surface area contributed by atoms with Gasteiger partial charge < -0.3 is 9.47 Å². The molecule has 1 heterocycles. The van der Waals surface area contributed by atoms with E-state index >= 15 is 0 Å². The second-order valence-corrected chi connectivity index (χ2v) is 4.62. The lowest BCUT2D eigenvalue weighted by Gasteiger charge is -2.34. The topological polar surface area (TPSA) is 42.2 Å². The van der Waals surface area contributed by atoms with Crippen molar-refractivity contribution in [2.45, 2.75) is 45.8 Å². The van der Waals surface area contributed by atoms with Gasteiger partial charge in [-0.15, -0.1) is 0 Å². The molecule has 0 aliphatic carbocycles. The van der Waals surface area contributed by atoms with Crippen molar-refractivity contribution in [3.63, 3.8) is 0 Å². The van der Waals surface area contributed by atoms with Gasteiger partial charge in [0.2, 0.25) is 0 Å². The van der Waals surface area contributed by atoms with Crippen molar-refractivity contribution in [3.8, 4) is 6.07 Å². The van der Waals surface area contributed by atoms with E-state index in [1.54, 1.807) is 0 Å². The van der Waals surface area contributed by atoms with E-state index in [0.29, 0.717) is 6.42 Å². The Balaban J connectivity index is 2.08. The van der Waals surface area contributed by atoms with E-state index in [9.17, 15) is 0 Å². The van der Waals surface area contributed by atoms with Gasteiger partial charge in [0.1, 0.15) is 0 Å². The van der Waals surface area contributed by atoms with Crippen LogP contribution in [0, 0.1) is 16.7 Å². The Labute approximate surface area is 86.0 Å². The molecule has 1 aliphatic rings. The molecule has 1 aliphatic heterocycles. The predicted octanol–water partition coefficient (Wildman–Crippen LogP) is 2.47. The molecule has 0 bridgehead atoms. The van der Waals surface area contributed by atoms with Crippen molar-refractivity contribution in [1.82, 2.24) is 0 Å². The van der Waals surface area contributed by atoms with Gasteiger partial charge in [-0.05, 0) is 19.3 Å². The quantitative estimate of drug-likeness (QED) is 0.650. The fourth-order valence-corrected chi connectivity index (χ4v) is 1.41. The number of unbranched alkanes of at least 4 members (excludes halogenated alkanes) is 2. The van der Waals surface area contributed by atoms with E-state index < -0.39 is 0 Å². The molecule has 0 N–H and O–H groups in total. The highest BCUT2D eigenvalue weighted by molar-refractivity contribution is 4.72. The second kappa shape index (κ2) is 5.33. The SMILES string of the molecule is CC1(C)COC(CCCCC#N)OC1. The first kappa shape index (κ1) is 11.5. The number of nitrogens with zero attached hydrogens (tertiary/aromatic N) is 1. The van der Waals surface area contributed by atoms with E-state index in [0.717, 1.165) is 32.5 Å². The Morgan fingerprint density at radius 2 is 1.93 bits per heavy atom. The summed E-state index contributed by atoms with van der Waals surface area (Å²) in [7, 11) is 0. The molecule has 1 fully saturated rings. The second-order valence-electron chi connectivity index (χ2n) is 4.62. The molecule has 1 saturated heterocycles. The third-order valence-electron chi connectivity index (χ3n) is 2.30. The van der Waals surface area contributed by atoms with Gasteiger partial charge in [0, 0.05) is 11.8 Å². The standard InChI is InChI=1S/C11H19NO2/c1-11(2)8-13-10(14-9-11)6-4-3-5-7-12/h10H,3-6,8-9H2,1-2H3. The molecule has 0 amide bonds. The molecule has 0 atom stereocenters. The van der Waals surface area contributed by atoms with Crippen molar-refractivity contribution in [1.29, 1.82) is 5.26 Å². The van der Waals surface area contributed by atoms with Crippen LogP contribution in [0.1, 0.15) is 39.5 Å². The van der Waals surface area contributed by atoms with Crippen LogP contribution in [0.25, 0.3) is 0 Å². The summed E-state index contributed by atoms with van der Waals surface area (Å²) >= 11 is 0. The zero-order valence-corrected chi connectivity index (χ0v) is 9.08. The minimum atomic E-state index is -0.0401. The maximum Gasteiger partial charge on any atom is 0.157 e. The van der Waals surface area contributed by atoms with Gasteiger partial charge in [-0.1, -0.05) is 13.8 Å². The van der Waals surface area contributed by atoms with Crippen LogP contribution < -0.4 is 0 Å². The van der Waals surface area contributed by atoms with Crippen LogP contribution in [0.4, 0.5) is 0 Å². The molecule has 1 rings (SSSR count). The fraction of sp³-hybridized carbons (Fsp3) is 0.909. The molecule has 0 saturated carbocycles. The molecule has 0 aromatic rings. The van der Waals surface area contributed by atoms with Gasteiger partial charge in [0.15, 0.2) is 6.29 Å². The Bertz CT molecular complexity index is 198. The molecule has 3 nitrogen and oxygen atoms in total. The number of nitriles is 1. The lowest BCUT2D eigenvalue weighted by Crippen LogP contribution is -2.37. The molecule has 14 heavy (non-hydrogen) atoms. The van der Waals surface area contributed by atoms with Crippen LogP contribution in [-0.2, 0) is 9.47 Å². The van der Waals surface area contributed by atoms with E-state index in [1.165, 1.54) is 0 Å². The smallest absolute Gasteiger partial charge is 0.157 e. The Kier molecular flexibility index (Phi) is 4.37. The van der Waals surface area contributed by atoms with Crippen LogP contribution in [0.2, 0.25) is 0 Å². The van der Waals surface area contributed by atoms with Gasteiger partial charge in [0.25, 0.3) is 0 Å². The van der Waals surface area contributed by atoms with Gasteiger partial charge in [-0.3, -0.25) is 0 Å². The zero-order chi connectivity index (χ0) is 10.4. The fourth-order valence-electron chi connectivity index (χ4n) is 1.41. The lowest BCUT2D eigenvalue weighted by atomic mass is 9.95. The van der Waals surface area contributed by atoms with E-state index in [4.69, 9.17) is 14.7 Å². The van der Waals surface area contributed by atoms with Crippen molar-refractivity contribution >= 4 is 0 Å². The molecular weight excluding hydrogens is 178 g/mol. The highest BCUT2D eigenvalue weighted by Crippen LogP contribution is 2.24. The summed E-state index contributed by atoms with van der Waals surface area (Å²) in [4.78, 5) is 0. The van der Waals surface area contributed by atoms with Crippen molar-refractivity contribution < 1.29 is 9.47 Å². The summed E-state index contributed by atoms with van der Waals surface area (Å²) in [5.41, 5.74) is 0.156. The van der Waals surface area contributed by atoms with Gasteiger partial charge >= 0.3 is 0 Å². The Morgan fingerprint density at radius 1 is 1.29 bits per heavy atom. The molecule has 3 heteroatoms. The molecular formula is C11H19NO2. The Hall–Kier alpha value is -0.590. The highest BCUT2D eigenvalue weighted by Gasteiger charge is 2.27. The number of hydrogen-bond acceptors (Lipinski definition) is 3. The van der Waals surface area contributed by atoms with E-state index in [1.807, 2.05) is 0 Å². The van der Waals surface area contributed by atoms with Gasteiger partial charge in [-0.25, -0.2) is 0 Å². The summed E-state index contributed by atoms with van der Waals surface area (Å²) in [6.07, 6.45) is 3.47. The highest BCUT2D eigenvalue weighted by atomic mass is 16.7. The minimum absolute atomic E-state index is 0.0401. The monoisotopic (exact) mass is 197 g/mol. The molecule has 80 valence electrons. The lowest BCUT2D eigenvalue weighted by molar-refractivity contribution is -0.224. The first-order valence-electron chi connectivity index (χ1n) is 5.24. The molecule has 0 unspecified atom stereocenters. The summed E-state index contributed by atoms with van der Waals surface area (Å²) in [5, 5.41) is 8.36. The van der Waals surface area contributed by atoms with Crippen LogP contribution in [0.15, 0.2) is 0 Å². The number of ether oxygens (including phenoxy) is 2. The Morgan fingerprint density at radius 3 is 2.50 bits per heavy atom. The maximum atomic E-state index is 8.36. The maximum absolute atomic E-state index is 8.36. The van der Waals surface area contributed by atoms with Crippen LogP contribution in [0.3, 0.4) is 0 Å². The zero-order valence-electron chi connectivity index (χ0n) is 9.08. The number of rotatable bonds is 4. The first-order valence-corrected chi connectivity index (χ1v) is 5.24. The average molecular weight is 197 g/mol. The summed E-state index contributed by atoms with van der Waals surface area (Å²) in [6.45, 7) is 5.82. The van der Waals surface area contributed by atoms with Crippen LogP contribution in [0.5, 0.6) is 0 Å². The van der Waals surface area contributed by atoms with E-state index in [-0.39, 0.29) is 11.7 Å². The average Bonchev–Trinajstić information content (AvgIpc) is 2.15. The van der Waals surface area contributed by atoms with Crippen molar-refractivity contribution in [3.05, 3.63) is 0 Å². The van der Waals surface area contributed by atoms with Gasteiger partial charge in [-0.2, -0.15) is 5.26 Å². The molecule has 0 radical (unpaired) electrons. The number of hydrogen-bond donors (Lipinski definition) is 0. The predicted molar refractivity (Wildman–Crippen MR) is 53.6 cm³/mol. The molecule has 0 aromatic heterocycles. The van der Waals surface area contributed by atoms with Crippen molar-refractivity contribution in [2.75, 3.05) is 13.2 Å². The largest absolute Gasteiger partial charge is 0.352 e. The van der Waals surface area contributed by atoms with Gasteiger partial charge in [0.05, 0.1) is 19.3 Å². The first-order chi connectivity index (χ1) is 6.64. The molecule has 0 spiro atoms. The summed E-state index contributed by atoms with van der Waals surface area (Å²) in [6, 6.07) is 2.14. The summed E-state index contributed by atoms with van der Waals surface area (Å²) in [5.74, 6) is 0. The van der Waals surface area contributed by atoms with E-state index in [2.05, 4.69) is 19.9 Å². The van der Waals surface area contributed by atoms with Crippen LogP contribution in [-0.4, -0.2) is 19.5 Å². The van der Waals surface area contributed by atoms with Crippen LogP contribution >= 0.6 is 0 Å². The van der Waals surface area contributed by atoms with Crippen molar-refractivity contribution in [2.24, 2.45) is 5.41 Å². The normalized spacial score (nSPS) is 21.8. The molecule has 0 aromatic carbocycles. The minimum Gasteiger partial charge on any atom is -0.352 e. The third kappa shape index (κ3) is 4.08. The third-order valence-corrected chi connectivity index (χ3v) is 2.30.